The summed E-state index contributed by atoms with van der Waals surface area (Å²) in [4.78, 5) is 2.43. The molecular weight excluding hydrogens is 218 g/mol. The molecule has 0 radical (unpaired) electrons. The van der Waals surface area contributed by atoms with E-state index in [-0.39, 0.29) is 11.6 Å². The van der Waals surface area contributed by atoms with Gasteiger partial charge >= 0.3 is 0 Å². The van der Waals surface area contributed by atoms with Gasteiger partial charge in [-0.3, -0.25) is 4.90 Å². The molecule has 1 N–H and O–H groups in total. The lowest BCUT2D eigenvalue weighted by molar-refractivity contribution is -0.0206. The van der Waals surface area contributed by atoms with Crippen molar-refractivity contribution in [3.63, 3.8) is 0 Å². The molecule has 0 spiro atoms. The Hall–Kier alpha value is -0.380. The van der Waals surface area contributed by atoms with Crippen LogP contribution in [0.5, 0.6) is 0 Å². The third-order valence-electron chi connectivity index (χ3n) is 3.70. The van der Waals surface area contributed by atoms with Crippen molar-refractivity contribution in [2.75, 3.05) is 13.1 Å². The van der Waals surface area contributed by atoms with Crippen LogP contribution >= 0.6 is 11.3 Å². The number of aliphatic hydroxyl groups is 1. The number of hydrogen-bond acceptors (Lipinski definition) is 3. The molecule has 1 aliphatic rings. The van der Waals surface area contributed by atoms with Crippen LogP contribution in [0.15, 0.2) is 16.8 Å². The van der Waals surface area contributed by atoms with Crippen LogP contribution in [0.4, 0.5) is 0 Å². The minimum atomic E-state index is -0.378. The third-order valence-corrected chi connectivity index (χ3v) is 4.40. The van der Waals surface area contributed by atoms with Gasteiger partial charge in [-0.25, -0.2) is 0 Å². The summed E-state index contributed by atoms with van der Waals surface area (Å²) in [6, 6.07) is 2.03. The predicted molar refractivity (Wildman–Crippen MR) is 68.8 cm³/mol. The summed E-state index contributed by atoms with van der Waals surface area (Å²) in [7, 11) is 0. The summed E-state index contributed by atoms with van der Waals surface area (Å²) < 4.78 is 0. The van der Waals surface area contributed by atoms with Gasteiger partial charge in [0.1, 0.15) is 0 Å². The summed E-state index contributed by atoms with van der Waals surface area (Å²) in [5.41, 5.74) is 0.905. The maximum Gasteiger partial charge on any atom is 0.0976 e. The van der Waals surface area contributed by atoms with E-state index in [1.165, 1.54) is 19.3 Å². The summed E-state index contributed by atoms with van der Waals surface area (Å²) in [5.74, 6) is 0. The van der Waals surface area contributed by atoms with Gasteiger partial charge in [0, 0.05) is 5.54 Å². The van der Waals surface area contributed by atoms with Crippen molar-refractivity contribution in [3.05, 3.63) is 22.4 Å². The van der Waals surface area contributed by atoms with Crippen LogP contribution in [0.3, 0.4) is 0 Å². The molecule has 0 aromatic carbocycles. The largest absolute Gasteiger partial charge is 0.386 e. The van der Waals surface area contributed by atoms with E-state index in [1.54, 1.807) is 11.3 Å². The highest BCUT2D eigenvalue weighted by atomic mass is 32.1. The number of nitrogens with zero attached hydrogens (tertiary/aromatic N) is 1. The molecule has 0 bridgehead atoms. The van der Waals surface area contributed by atoms with Crippen LogP contribution in [-0.2, 0) is 0 Å². The van der Waals surface area contributed by atoms with Crippen LogP contribution < -0.4 is 0 Å². The van der Waals surface area contributed by atoms with Crippen molar-refractivity contribution >= 4 is 11.3 Å². The molecule has 1 aromatic rings. The molecule has 1 fully saturated rings. The Labute approximate surface area is 102 Å². The maximum absolute atomic E-state index is 10.5. The lowest BCUT2D eigenvalue weighted by Gasteiger charge is -2.43. The van der Waals surface area contributed by atoms with Crippen LogP contribution in [0.25, 0.3) is 0 Å². The third kappa shape index (κ3) is 2.31. The van der Waals surface area contributed by atoms with Crippen LogP contribution in [-0.4, -0.2) is 28.6 Å². The van der Waals surface area contributed by atoms with Gasteiger partial charge in [0.05, 0.1) is 6.10 Å². The summed E-state index contributed by atoms with van der Waals surface area (Å²) >= 11 is 1.65. The van der Waals surface area contributed by atoms with Crippen LogP contribution in [0.2, 0.25) is 0 Å². The first-order valence-electron chi connectivity index (χ1n) is 6.07. The second-order valence-electron chi connectivity index (χ2n) is 5.16. The SMILES string of the molecule is CC(C)(C(O)c1ccsc1)N1CCCCC1. The number of aliphatic hydroxyl groups excluding tert-OH is 1. The van der Waals surface area contributed by atoms with Gasteiger partial charge in [0.2, 0.25) is 0 Å². The molecule has 2 nitrogen and oxygen atoms in total. The van der Waals surface area contributed by atoms with Gasteiger partial charge in [0.25, 0.3) is 0 Å². The van der Waals surface area contributed by atoms with Crippen molar-refractivity contribution in [1.29, 1.82) is 0 Å². The molecule has 1 atom stereocenters. The van der Waals surface area contributed by atoms with E-state index in [9.17, 15) is 5.11 Å². The molecule has 16 heavy (non-hydrogen) atoms. The molecule has 90 valence electrons. The van der Waals surface area contributed by atoms with E-state index in [2.05, 4.69) is 24.1 Å². The fraction of sp³-hybridized carbons (Fsp3) is 0.692. The van der Waals surface area contributed by atoms with E-state index in [0.717, 1.165) is 18.7 Å². The van der Waals surface area contributed by atoms with E-state index >= 15 is 0 Å². The van der Waals surface area contributed by atoms with Crippen molar-refractivity contribution in [2.24, 2.45) is 0 Å². The van der Waals surface area contributed by atoms with Crippen LogP contribution in [0, 0.1) is 0 Å². The highest BCUT2D eigenvalue weighted by molar-refractivity contribution is 7.07. The summed E-state index contributed by atoms with van der Waals surface area (Å²) in [5, 5.41) is 14.5. The number of piperidine rings is 1. The standard InChI is InChI=1S/C13H21NOS/c1-13(2,14-7-4-3-5-8-14)12(15)11-6-9-16-10-11/h6,9-10,12,15H,3-5,7-8H2,1-2H3. The van der Waals surface area contributed by atoms with Gasteiger partial charge in [-0.15, -0.1) is 0 Å². The monoisotopic (exact) mass is 239 g/mol. The van der Waals surface area contributed by atoms with Crippen molar-refractivity contribution in [2.45, 2.75) is 44.8 Å². The van der Waals surface area contributed by atoms with Gasteiger partial charge in [-0.1, -0.05) is 6.42 Å². The first-order chi connectivity index (χ1) is 7.62. The number of hydrogen-bond donors (Lipinski definition) is 1. The molecule has 0 saturated carbocycles. The van der Waals surface area contributed by atoms with Gasteiger partial charge < -0.3 is 5.11 Å². The Bertz CT molecular complexity index is 315. The van der Waals surface area contributed by atoms with Crippen molar-refractivity contribution in [1.82, 2.24) is 4.90 Å². The maximum atomic E-state index is 10.5. The average molecular weight is 239 g/mol. The van der Waals surface area contributed by atoms with Crippen molar-refractivity contribution in [3.8, 4) is 0 Å². The fourth-order valence-corrected chi connectivity index (χ4v) is 3.16. The number of thiophene rings is 1. The van der Waals surface area contributed by atoms with Gasteiger partial charge in [-0.05, 0) is 62.2 Å². The smallest absolute Gasteiger partial charge is 0.0976 e. The topological polar surface area (TPSA) is 23.5 Å². The first-order valence-corrected chi connectivity index (χ1v) is 7.02. The Balaban J connectivity index is 2.10. The predicted octanol–water partition coefficient (Wildman–Crippen LogP) is 3.05. The molecule has 1 aliphatic heterocycles. The fourth-order valence-electron chi connectivity index (χ4n) is 2.48. The minimum absolute atomic E-state index is 0.151. The Morgan fingerprint density at radius 1 is 1.31 bits per heavy atom. The Morgan fingerprint density at radius 3 is 2.56 bits per heavy atom. The first kappa shape index (κ1) is 12.1. The highest BCUT2D eigenvalue weighted by Crippen LogP contribution is 2.33. The highest BCUT2D eigenvalue weighted by Gasteiger charge is 2.35. The van der Waals surface area contributed by atoms with Gasteiger partial charge in [-0.2, -0.15) is 11.3 Å². The molecule has 0 amide bonds. The normalized spacial score (nSPS) is 20.9. The molecule has 1 aromatic heterocycles. The lowest BCUT2D eigenvalue weighted by atomic mass is 9.89. The zero-order valence-corrected chi connectivity index (χ0v) is 11.0. The summed E-state index contributed by atoms with van der Waals surface area (Å²) in [6.07, 6.45) is 3.48. The lowest BCUT2D eigenvalue weighted by Crippen LogP contribution is -2.50. The van der Waals surface area contributed by atoms with E-state index in [4.69, 9.17) is 0 Å². The molecule has 3 heteroatoms. The van der Waals surface area contributed by atoms with E-state index in [0.29, 0.717) is 0 Å². The average Bonchev–Trinajstić information content (AvgIpc) is 2.82. The van der Waals surface area contributed by atoms with Crippen LogP contribution in [0.1, 0.15) is 44.8 Å². The quantitative estimate of drug-likeness (QED) is 0.876. The molecule has 1 unspecified atom stereocenters. The second kappa shape index (κ2) is 4.86. The number of rotatable bonds is 3. The zero-order chi connectivity index (χ0) is 11.6. The van der Waals surface area contributed by atoms with Gasteiger partial charge in [0.15, 0.2) is 0 Å². The van der Waals surface area contributed by atoms with E-state index in [1.807, 2.05) is 11.4 Å². The summed E-state index contributed by atoms with van der Waals surface area (Å²) in [6.45, 7) is 6.55. The van der Waals surface area contributed by atoms with E-state index < -0.39 is 0 Å². The second-order valence-corrected chi connectivity index (χ2v) is 5.94. The molecular formula is C13H21NOS. The molecule has 2 heterocycles. The number of likely N-dealkylation sites (tertiary alicyclic amines) is 1. The molecule has 1 saturated heterocycles. The van der Waals surface area contributed by atoms with Crippen molar-refractivity contribution < 1.29 is 5.11 Å². The Morgan fingerprint density at radius 2 is 2.00 bits per heavy atom. The Kier molecular flexibility index (Phi) is 3.67. The molecule has 2 rings (SSSR count). The molecule has 0 aliphatic carbocycles. The minimum Gasteiger partial charge on any atom is -0.386 e. The zero-order valence-electron chi connectivity index (χ0n) is 10.1.